The summed E-state index contributed by atoms with van der Waals surface area (Å²) >= 11 is 0. The molecule has 3 heterocycles. The lowest BCUT2D eigenvalue weighted by molar-refractivity contribution is -0.119. The fraction of sp³-hybridized carbons (Fsp3) is 0.412. The Bertz CT molecular complexity index is 818. The van der Waals surface area contributed by atoms with E-state index in [0.717, 1.165) is 30.3 Å². The molecule has 9 heteroatoms. The highest BCUT2D eigenvalue weighted by atomic mass is 16.6. The molecule has 1 aromatic carbocycles. The lowest BCUT2D eigenvalue weighted by atomic mass is 10.2. The van der Waals surface area contributed by atoms with Crippen LogP contribution in [0.25, 0.3) is 0 Å². The molecule has 9 nitrogen and oxygen atoms in total. The zero-order valence-electron chi connectivity index (χ0n) is 14.5. The second-order valence-electron chi connectivity index (χ2n) is 6.39. The summed E-state index contributed by atoms with van der Waals surface area (Å²) in [4.78, 5) is 31.2. The molecule has 1 atom stereocenters. The van der Waals surface area contributed by atoms with Gasteiger partial charge in [0.05, 0.1) is 26.2 Å². The number of amides is 2. The molecule has 0 unspecified atom stereocenters. The number of ether oxygens (including phenoxy) is 1. The van der Waals surface area contributed by atoms with Gasteiger partial charge in [0.1, 0.15) is 18.3 Å². The fourth-order valence-electron chi connectivity index (χ4n) is 3.22. The highest BCUT2D eigenvalue weighted by Crippen LogP contribution is 2.26. The summed E-state index contributed by atoms with van der Waals surface area (Å²) in [6, 6.07) is 7.82. The predicted molar refractivity (Wildman–Crippen MR) is 93.8 cm³/mol. The molecule has 1 aromatic heterocycles. The molecule has 0 bridgehead atoms. The van der Waals surface area contributed by atoms with Crippen LogP contribution in [-0.2, 0) is 22.6 Å². The molecule has 0 saturated carbocycles. The average Bonchev–Trinajstić information content (AvgIpc) is 3.25. The van der Waals surface area contributed by atoms with Gasteiger partial charge in [-0.05, 0) is 24.3 Å². The molecule has 1 N–H and O–H groups in total. The first-order chi connectivity index (χ1) is 12.6. The van der Waals surface area contributed by atoms with E-state index in [9.17, 15) is 9.59 Å². The molecule has 2 aromatic rings. The Morgan fingerprint density at radius 1 is 1.27 bits per heavy atom. The highest BCUT2D eigenvalue weighted by Gasteiger charge is 2.32. The van der Waals surface area contributed by atoms with Crippen molar-refractivity contribution in [3.05, 3.63) is 36.4 Å². The standard InChI is InChI=1S/C17H20N6O3/c1-12(24)18-8-15-9-22(17(25)26-15)14-4-2-13(3-5-14)21-6-7-23-16(10-21)19-11-20-23/h2-5,11,15H,6-10H2,1H3,(H,18,24)/t15-/m0/s1. The second-order valence-corrected chi connectivity index (χ2v) is 6.39. The first-order valence-corrected chi connectivity index (χ1v) is 8.54. The van der Waals surface area contributed by atoms with E-state index in [4.69, 9.17) is 4.74 Å². The number of carbonyl (C=O) groups excluding carboxylic acids is 2. The molecular formula is C17H20N6O3. The highest BCUT2D eigenvalue weighted by molar-refractivity contribution is 5.90. The largest absolute Gasteiger partial charge is 0.442 e. The first-order valence-electron chi connectivity index (χ1n) is 8.54. The maximum atomic E-state index is 12.1. The Labute approximate surface area is 150 Å². The summed E-state index contributed by atoms with van der Waals surface area (Å²) in [5.74, 6) is 0.811. The molecule has 0 spiro atoms. The van der Waals surface area contributed by atoms with E-state index in [1.54, 1.807) is 11.2 Å². The zero-order valence-corrected chi connectivity index (χ0v) is 14.5. The van der Waals surface area contributed by atoms with Crippen molar-refractivity contribution in [2.75, 3.05) is 29.4 Å². The van der Waals surface area contributed by atoms with Crippen molar-refractivity contribution >= 4 is 23.4 Å². The van der Waals surface area contributed by atoms with Gasteiger partial charge >= 0.3 is 6.09 Å². The van der Waals surface area contributed by atoms with Gasteiger partial charge in [0.25, 0.3) is 0 Å². The third kappa shape index (κ3) is 3.19. The molecule has 0 aliphatic carbocycles. The van der Waals surface area contributed by atoms with Crippen LogP contribution in [0.5, 0.6) is 0 Å². The van der Waals surface area contributed by atoms with Crippen molar-refractivity contribution in [3.8, 4) is 0 Å². The minimum atomic E-state index is -0.390. The van der Waals surface area contributed by atoms with Gasteiger partial charge in [-0.25, -0.2) is 14.5 Å². The van der Waals surface area contributed by atoms with Crippen molar-refractivity contribution < 1.29 is 14.3 Å². The van der Waals surface area contributed by atoms with Crippen LogP contribution in [0.15, 0.2) is 30.6 Å². The van der Waals surface area contributed by atoms with Crippen LogP contribution in [0.1, 0.15) is 12.7 Å². The number of hydrogen-bond acceptors (Lipinski definition) is 6. The molecule has 26 heavy (non-hydrogen) atoms. The Balaban J connectivity index is 1.42. The average molecular weight is 356 g/mol. The molecule has 0 radical (unpaired) electrons. The van der Waals surface area contributed by atoms with Crippen molar-refractivity contribution in [2.24, 2.45) is 0 Å². The van der Waals surface area contributed by atoms with Crippen LogP contribution in [0, 0.1) is 0 Å². The summed E-state index contributed by atoms with van der Waals surface area (Å²) in [7, 11) is 0. The number of cyclic esters (lactones) is 1. The number of rotatable bonds is 4. The van der Waals surface area contributed by atoms with Gasteiger partial charge in [0, 0.05) is 24.8 Å². The number of aromatic nitrogens is 3. The lowest BCUT2D eigenvalue weighted by Crippen LogP contribution is -2.34. The van der Waals surface area contributed by atoms with Crippen molar-refractivity contribution in [1.29, 1.82) is 0 Å². The molecule has 1 saturated heterocycles. The zero-order chi connectivity index (χ0) is 18.1. The van der Waals surface area contributed by atoms with E-state index in [-0.39, 0.29) is 18.1 Å². The van der Waals surface area contributed by atoms with E-state index in [1.165, 1.54) is 6.92 Å². The minimum absolute atomic E-state index is 0.138. The minimum Gasteiger partial charge on any atom is -0.442 e. The number of hydrogen-bond donors (Lipinski definition) is 1. The fourth-order valence-corrected chi connectivity index (χ4v) is 3.22. The maximum Gasteiger partial charge on any atom is 0.414 e. The Hall–Kier alpha value is -3.10. The van der Waals surface area contributed by atoms with Gasteiger partial charge in [0.15, 0.2) is 0 Å². The molecule has 2 amide bonds. The topological polar surface area (TPSA) is 92.6 Å². The summed E-state index contributed by atoms with van der Waals surface area (Å²) in [6.07, 6.45) is 0.858. The van der Waals surface area contributed by atoms with Crippen molar-refractivity contribution in [3.63, 3.8) is 0 Å². The monoisotopic (exact) mass is 356 g/mol. The van der Waals surface area contributed by atoms with E-state index >= 15 is 0 Å². The van der Waals surface area contributed by atoms with Gasteiger partial charge in [-0.3, -0.25) is 9.69 Å². The van der Waals surface area contributed by atoms with E-state index < -0.39 is 0 Å². The quantitative estimate of drug-likeness (QED) is 0.869. The Kier molecular flexibility index (Phi) is 4.19. The van der Waals surface area contributed by atoms with E-state index in [1.807, 2.05) is 28.9 Å². The molecule has 2 aliphatic heterocycles. The van der Waals surface area contributed by atoms with Crippen molar-refractivity contribution in [2.45, 2.75) is 26.1 Å². The molecule has 4 rings (SSSR count). The number of nitrogens with zero attached hydrogens (tertiary/aromatic N) is 5. The molecule has 2 aliphatic rings. The van der Waals surface area contributed by atoms with Crippen LogP contribution >= 0.6 is 0 Å². The molecule has 1 fully saturated rings. The lowest BCUT2D eigenvalue weighted by Gasteiger charge is -2.29. The van der Waals surface area contributed by atoms with E-state index in [2.05, 4.69) is 20.3 Å². The number of nitrogens with one attached hydrogen (secondary N) is 1. The number of fused-ring (bicyclic) bond motifs is 1. The first kappa shape index (κ1) is 16.4. The van der Waals surface area contributed by atoms with Gasteiger partial charge in [-0.15, -0.1) is 0 Å². The summed E-state index contributed by atoms with van der Waals surface area (Å²) in [5, 5.41) is 6.86. The van der Waals surface area contributed by atoms with Gasteiger partial charge < -0.3 is 15.0 Å². The van der Waals surface area contributed by atoms with Crippen molar-refractivity contribution in [1.82, 2.24) is 20.1 Å². The number of carbonyl (C=O) groups is 2. The number of anilines is 2. The van der Waals surface area contributed by atoms with Crippen LogP contribution in [0.3, 0.4) is 0 Å². The van der Waals surface area contributed by atoms with Gasteiger partial charge in [-0.1, -0.05) is 0 Å². The smallest absolute Gasteiger partial charge is 0.414 e. The summed E-state index contributed by atoms with van der Waals surface area (Å²) < 4.78 is 7.22. The second kappa shape index (κ2) is 6.66. The van der Waals surface area contributed by atoms with Gasteiger partial charge in [-0.2, -0.15) is 5.10 Å². The normalized spacial score (nSPS) is 19.3. The third-order valence-electron chi connectivity index (χ3n) is 4.59. The summed E-state index contributed by atoms with van der Waals surface area (Å²) in [6.45, 7) is 4.57. The third-order valence-corrected chi connectivity index (χ3v) is 4.59. The molecule has 136 valence electrons. The molecular weight excluding hydrogens is 336 g/mol. The van der Waals surface area contributed by atoms with Crippen LogP contribution in [0.2, 0.25) is 0 Å². The van der Waals surface area contributed by atoms with E-state index in [0.29, 0.717) is 19.6 Å². The predicted octanol–water partition coefficient (Wildman–Crippen LogP) is 0.760. The van der Waals surface area contributed by atoms with Gasteiger partial charge in [0.2, 0.25) is 5.91 Å². The van der Waals surface area contributed by atoms with Crippen LogP contribution in [0.4, 0.5) is 16.2 Å². The van der Waals surface area contributed by atoms with Crippen LogP contribution in [-0.4, -0.2) is 52.5 Å². The maximum absolute atomic E-state index is 12.1. The SMILES string of the molecule is CC(=O)NC[C@H]1CN(c2ccc(N3CCn4ncnc4C3)cc2)C(=O)O1. The Morgan fingerprint density at radius 2 is 2.04 bits per heavy atom. The number of benzene rings is 1. The van der Waals surface area contributed by atoms with Crippen LogP contribution < -0.4 is 15.1 Å². The Morgan fingerprint density at radius 3 is 2.81 bits per heavy atom. The summed E-state index contributed by atoms with van der Waals surface area (Å²) in [5.41, 5.74) is 1.86.